The van der Waals surface area contributed by atoms with E-state index in [1.165, 1.54) is 19.2 Å². The molecule has 0 aliphatic carbocycles. The first-order chi connectivity index (χ1) is 22.4. The molecule has 49 heavy (non-hydrogen) atoms. The number of carbonyl (C=O) groups is 4. The van der Waals surface area contributed by atoms with Crippen LogP contribution in [0.15, 0.2) is 34.8 Å². The maximum Gasteiger partial charge on any atom is 0.413 e. The second-order valence-corrected chi connectivity index (χ2v) is 19.6. The van der Waals surface area contributed by atoms with Crippen LogP contribution < -0.4 is 15.5 Å². The highest BCUT2D eigenvalue weighted by Gasteiger charge is 2.40. The molecule has 15 heteroatoms. The molecule has 1 aliphatic rings. The number of oxime groups is 1. The molecule has 1 aromatic heterocycles. The van der Waals surface area contributed by atoms with Gasteiger partial charge in [0.1, 0.15) is 22.9 Å². The molecule has 0 bridgehead atoms. The number of thiazole rings is 1. The first-order valence-electron chi connectivity index (χ1n) is 16.0. The average Bonchev–Trinajstić information content (AvgIpc) is 3.40. The minimum Gasteiger partial charge on any atom is -0.457 e. The van der Waals surface area contributed by atoms with Gasteiger partial charge in [0.15, 0.2) is 10.8 Å². The maximum atomic E-state index is 13.6. The third-order valence-corrected chi connectivity index (χ3v) is 11.1. The lowest BCUT2D eigenvalue weighted by Crippen LogP contribution is -2.65. The van der Waals surface area contributed by atoms with Gasteiger partial charge in [-0.3, -0.25) is 14.9 Å². The zero-order valence-corrected chi connectivity index (χ0v) is 32.4. The molecule has 2 heterocycles. The van der Waals surface area contributed by atoms with Gasteiger partial charge in [0.25, 0.3) is 11.8 Å². The van der Waals surface area contributed by atoms with Crippen LogP contribution in [0.3, 0.4) is 0 Å². The normalized spacial score (nSPS) is 15.9. The number of rotatable bonds is 12. The van der Waals surface area contributed by atoms with Crippen molar-refractivity contribution in [2.45, 2.75) is 117 Å². The molecule has 270 valence electrons. The van der Waals surface area contributed by atoms with Gasteiger partial charge in [0.2, 0.25) is 5.60 Å². The second-order valence-electron chi connectivity index (χ2n) is 15.4. The number of β-lactam (4-membered cyclic amide) rings is 1. The van der Waals surface area contributed by atoms with Gasteiger partial charge in [-0.1, -0.05) is 44.3 Å². The third-order valence-electron chi connectivity index (χ3n) is 7.18. The number of amides is 3. The van der Waals surface area contributed by atoms with Gasteiger partial charge in [-0.15, -0.1) is 11.3 Å². The topological polar surface area (TPSA) is 158 Å². The molecular formula is C34H50N5O8SSi-. The minimum absolute atomic E-state index is 0.0498. The number of nitrogens with one attached hydrogen (secondary N) is 2. The molecule has 1 aromatic carbocycles. The van der Waals surface area contributed by atoms with E-state index in [0.717, 1.165) is 23.1 Å². The van der Waals surface area contributed by atoms with Crippen LogP contribution >= 0.6 is 11.3 Å². The number of anilines is 2. The summed E-state index contributed by atoms with van der Waals surface area (Å²) in [4.78, 5) is 63.2. The van der Waals surface area contributed by atoms with Crippen molar-refractivity contribution in [1.29, 1.82) is 0 Å². The summed E-state index contributed by atoms with van der Waals surface area (Å²) in [5.41, 5.74) is -1.64. The first kappa shape index (κ1) is 39.6. The fraction of sp³-hybridized carbons (Fsp3) is 0.588. The number of aromatic nitrogens is 1. The SMILES string of the molecule is C[Si-](COCc1ccc(N2C[C@H](NC(=O)/C(=N\OC(C)(C)C(=O)OC(C)(C)C)c3csc(NC(=O)OC(C)(C)C)n3)C2=O)cc1)C(C)(C)C. The van der Waals surface area contributed by atoms with Gasteiger partial charge >= 0.3 is 12.1 Å². The fourth-order valence-corrected chi connectivity index (χ4v) is 5.46. The monoisotopic (exact) mass is 716 g/mol. The molecular weight excluding hydrogens is 667 g/mol. The van der Waals surface area contributed by atoms with E-state index in [2.05, 4.69) is 48.1 Å². The van der Waals surface area contributed by atoms with Crippen molar-refractivity contribution in [3.8, 4) is 0 Å². The summed E-state index contributed by atoms with van der Waals surface area (Å²) < 4.78 is 16.7. The van der Waals surface area contributed by atoms with Crippen LogP contribution in [-0.2, 0) is 40.0 Å². The van der Waals surface area contributed by atoms with E-state index in [1.807, 2.05) is 24.3 Å². The Hall–Kier alpha value is -3.82. The second kappa shape index (κ2) is 15.4. The minimum atomic E-state index is -1.57. The summed E-state index contributed by atoms with van der Waals surface area (Å²) in [7, 11) is -0.640. The summed E-state index contributed by atoms with van der Waals surface area (Å²) in [5, 5.41) is 11.1. The van der Waals surface area contributed by atoms with Crippen LogP contribution in [0, 0.1) is 0 Å². The molecule has 1 aliphatic heterocycles. The highest BCUT2D eigenvalue weighted by atomic mass is 32.1. The van der Waals surface area contributed by atoms with Crippen LogP contribution in [0.1, 0.15) is 87.4 Å². The van der Waals surface area contributed by atoms with E-state index in [9.17, 15) is 19.2 Å². The van der Waals surface area contributed by atoms with E-state index in [0.29, 0.717) is 12.3 Å². The Morgan fingerprint density at radius 2 is 1.59 bits per heavy atom. The molecule has 1 saturated heterocycles. The van der Waals surface area contributed by atoms with Crippen LogP contribution in [0.25, 0.3) is 0 Å². The zero-order chi connectivity index (χ0) is 36.9. The number of hydrogen-bond donors (Lipinski definition) is 2. The number of carbonyl (C=O) groups excluding carboxylic acids is 4. The molecule has 2 N–H and O–H groups in total. The van der Waals surface area contributed by atoms with Crippen molar-refractivity contribution < 1.29 is 38.2 Å². The Morgan fingerprint density at radius 1 is 0.980 bits per heavy atom. The Morgan fingerprint density at radius 3 is 2.14 bits per heavy atom. The fourth-order valence-electron chi connectivity index (χ4n) is 3.94. The Kier molecular flexibility index (Phi) is 12.4. The number of hydrogen-bond acceptors (Lipinski definition) is 11. The molecule has 1 atom stereocenters. The number of esters is 1. The molecule has 0 radical (unpaired) electrons. The predicted molar refractivity (Wildman–Crippen MR) is 191 cm³/mol. The van der Waals surface area contributed by atoms with Crippen molar-refractivity contribution >= 4 is 60.5 Å². The van der Waals surface area contributed by atoms with Crippen LogP contribution in [-0.4, -0.2) is 79.0 Å². The van der Waals surface area contributed by atoms with Crippen molar-refractivity contribution in [3.63, 3.8) is 0 Å². The lowest BCUT2D eigenvalue weighted by molar-refractivity contribution is -0.179. The molecule has 3 amide bonds. The molecule has 0 spiro atoms. The molecule has 0 saturated carbocycles. The van der Waals surface area contributed by atoms with E-state index in [-0.39, 0.29) is 34.0 Å². The Labute approximate surface area is 294 Å². The van der Waals surface area contributed by atoms with E-state index in [4.69, 9.17) is 19.0 Å². The van der Waals surface area contributed by atoms with E-state index < -0.39 is 49.6 Å². The summed E-state index contributed by atoms with van der Waals surface area (Å²) in [6.45, 7) is 22.9. The van der Waals surface area contributed by atoms with E-state index in [1.54, 1.807) is 46.4 Å². The Balaban J connectivity index is 1.71. The standard InChI is InChI=1S/C34H50N5O8SSi/c1-31(2,3)45-28(42)34(10,11)47-38-25(24-19-48-29(36-24)37-30(43)46-32(4,5)6)26(40)35-23-17-39(27(23)41)22-15-13-21(14-16-22)18-44-20-49(12)33(7,8)9/h13-16,19,23H,17-18,20H2,1-12H3,(H,35,40)(H,36,37,43)/q-1/b38-25-/t23-/m0/s1. The zero-order valence-electron chi connectivity index (χ0n) is 30.6. The van der Waals surface area contributed by atoms with Gasteiger partial charge in [-0.05, 0) is 73.1 Å². The summed E-state index contributed by atoms with van der Waals surface area (Å²) >= 11 is 1.03. The van der Waals surface area contributed by atoms with Gasteiger partial charge in [0, 0.05) is 11.1 Å². The van der Waals surface area contributed by atoms with Gasteiger partial charge in [-0.2, -0.15) is 11.6 Å². The van der Waals surface area contributed by atoms with Crippen molar-refractivity contribution in [1.82, 2.24) is 10.3 Å². The van der Waals surface area contributed by atoms with Gasteiger partial charge in [-0.25, -0.2) is 23.4 Å². The quantitative estimate of drug-likeness (QED) is 0.0905. The lowest BCUT2D eigenvalue weighted by atomic mass is 10.0. The summed E-state index contributed by atoms with van der Waals surface area (Å²) in [6.07, 6.45) is 0.0230. The maximum absolute atomic E-state index is 13.6. The van der Waals surface area contributed by atoms with Crippen molar-refractivity contribution in [2.75, 3.05) is 23.0 Å². The average molecular weight is 717 g/mol. The van der Waals surface area contributed by atoms with E-state index >= 15 is 0 Å². The summed E-state index contributed by atoms with van der Waals surface area (Å²) in [5.74, 6) is -1.76. The number of nitrogens with zero attached hydrogens (tertiary/aromatic N) is 3. The van der Waals surface area contributed by atoms with Crippen molar-refractivity contribution in [3.05, 3.63) is 40.9 Å². The Bertz CT molecular complexity index is 1540. The molecule has 3 rings (SSSR count). The molecule has 0 unspecified atom stereocenters. The smallest absolute Gasteiger partial charge is 0.413 e. The van der Waals surface area contributed by atoms with Crippen LogP contribution in [0.2, 0.25) is 11.6 Å². The lowest BCUT2D eigenvalue weighted by Gasteiger charge is -2.39. The van der Waals surface area contributed by atoms with Crippen LogP contribution in [0.4, 0.5) is 15.6 Å². The molecule has 1 fully saturated rings. The highest BCUT2D eigenvalue weighted by Crippen LogP contribution is 2.27. The van der Waals surface area contributed by atoms with Gasteiger partial charge in [0.05, 0.1) is 13.2 Å². The third kappa shape index (κ3) is 11.9. The summed E-state index contributed by atoms with van der Waals surface area (Å²) in [6, 6.07) is 6.72. The number of benzene rings is 1. The van der Waals surface area contributed by atoms with Crippen molar-refractivity contribution in [2.24, 2.45) is 5.16 Å². The largest absolute Gasteiger partial charge is 0.457 e. The molecule has 2 aromatic rings. The van der Waals surface area contributed by atoms with Crippen LogP contribution in [0.5, 0.6) is 0 Å². The highest BCUT2D eigenvalue weighted by molar-refractivity contribution is 7.14. The molecule has 13 nitrogen and oxygen atoms in total. The predicted octanol–water partition coefficient (Wildman–Crippen LogP) is 5.84. The number of ether oxygens (including phenoxy) is 3. The first-order valence-corrected chi connectivity index (χ1v) is 19.1. The van der Waals surface area contributed by atoms with Gasteiger partial charge < -0.3 is 29.3 Å².